The van der Waals surface area contributed by atoms with Gasteiger partial charge in [0.2, 0.25) is 6.79 Å². The van der Waals surface area contributed by atoms with E-state index in [2.05, 4.69) is 10.3 Å². The maximum atomic E-state index is 14.4. The Labute approximate surface area is 350 Å². The highest BCUT2D eigenvalue weighted by atomic mass is 16.7. The third-order valence-electron chi connectivity index (χ3n) is 12.7. The van der Waals surface area contributed by atoms with E-state index in [0.29, 0.717) is 13.0 Å². The number of rotatable bonds is 14. The minimum atomic E-state index is -1.98. The summed E-state index contributed by atoms with van der Waals surface area (Å²) in [5.41, 5.74) is -4.57. The number of oxime groups is 1. The number of nitroso groups, excluding NO2 is 1. The molecule has 4 N–H and O–H groups in total. The average molecular weight is 850 g/mol. The third-order valence-corrected chi connectivity index (χ3v) is 12.7. The van der Waals surface area contributed by atoms with Gasteiger partial charge in [-0.05, 0) is 74.9 Å². The molecule has 344 valence electrons. The Bertz CT molecular complexity index is 1350. The maximum Gasteiger partial charge on any atom is 0.311 e. The van der Waals surface area contributed by atoms with E-state index in [1.807, 2.05) is 25.9 Å². The minimum absolute atomic E-state index is 0.0554. The molecule has 3 fully saturated rings. The van der Waals surface area contributed by atoms with Gasteiger partial charge >= 0.3 is 5.97 Å². The van der Waals surface area contributed by atoms with Crippen LogP contribution in [0.5, 0.6) is 0 Å². The zero-order valence-corrected chi connectivity index (χ0v) is 37.7. The summed E-state index contributed by atoms with van der Waals surface area (Å²) in [4.78, 5) is 34.4. The smallest absolute Gasteiger partial charge is 0.311 e. The van der Waals surface area contributed by atoms with Crippen LogP contribution in [-0.4, -0.2) is 170 Å². The molecule has 3 rings (SSSR count). The van der Waals surface area contributed by atoms with E-state index < -0.39 is 102 Å². The predicted octanol–water partition coefficient (Wildman–Crippen LogP) is 2.98. The van der Waals surface area contributed by atoms with Gasteiger partial charge in [-0.1, -0.05) is 38.0 Å². The average Bonchev–Trinajstić information content (AvgIpc) is 3.17. The number of aliphatic hydroxyl groups is 4. The van der Waals surface area contributed by atoms with Crippen LogP contribution in [0, 0.1) is 28.6 Å². The van der Waals surface area contributed by atoms with Crippen molar-refractivity contribution in [1.82, 2.24) is 4.90 Å². The van der Waals surface area contributed by atoms with Gasteiger partial charge in [0.15, 0.2) is 18.6 Å². The number of hydrogen-bond acceptors (Lipinski definition) is 18. The number of ether oxygens (including phenoxy) is 8. The van der Waals surface area contributed by atoms with Gasteiger partial charge in [-0.3, -0.25) is 4.79 Å². The van der Waals surface area contributed by atoms with Gasteiger partial charge in [0.25, 0.3) is 0 Å². The maximum absolute atomic E-state index is 14.4. The SMILES string of the molecule is CC[C@H]1OC(=O)[C@H](C)[C@@H](O[C@H]2C[C@@](C)(OC)[C@@H](O)[C@H](C)O2)[C@H](C)[C@@H](O[C@@H]2O[C@H](C)C[C@H](N(C)C)[C@H]2N=O)[C@](C)(O)C[C@@H](C)/C(=N\OCOCCOC)[C@H](C)[C@@H](O)[C@]1(C)O. The van der Waals surface area contributed by atoms with Gasteiger partial charge < -0.3 is 68.1 Å². The Hall–Kier alpha value is -1.94. The number of hydrogen-bond donors (Lipinski definition) is 4. The minimum Gasteiger partial charge on any atom is -0.459 e. The Morgan fingerprint density at radius 1 is 0.915 bits per heavy atom. The number of aliphatic hydroxyl groups excluding tert-OH is 2. The van der Waals surface area contributed by atoms with Gasteiger partial charge in [-0.2, -0.15) is 4.91 Å². The summed E-state index contributed by atoms with van der Waals surface area (Å²) in [6.07, 6.45) is -8.67. The first-order valence-electron chi connectivity index (χ1n) is 20.9. The highest BCUT2D eigenvalue weighted by Crippen LogP contribution is 2.41. The molecular formula is C41H75N3O15. The first-order valence-corrected chi connectivity index (χ1v) is 20.9. The molecule has 0 saturated carbocycles. The van der Waals surface area contributed by atoms with E-state index in [4.69, 9.17) is 42.7 Å². The number of methoxy groups -OCH3 is 2. The van der Waals surface area contributed by atoms with Gasteiger partial charge in [-0.25, -0.2) is 0 Å². The van der Waals surface area contributed by atoms with Crippen molar-refractivity contribution in [1.29, 1.82) is 0 Å². The monoisotopic (exact) mass is 850 g/mol. The fourth-order valence-corrected chi connectivity index (χ4v) is 9.05. The van der Waals surface area contributed by atoms with E-state index in [0.717, 1.165) is 0 Å². The highest BCUT2D eigenvalue weighted by Gasteiger charge is 2.53. The fourth-order valence-electron chi connectivity index (χ4n) is 9.05. The Morgan fingerprint density at radius 3 is 2.15 bits per heavy atom. The van der Waals surface area contributed by atoms with Crippen molar-refractivity contribution in [2.24, 2.45) is 34.0 Å². The lowest BCUT2D eigenvalue weighted by Crippen LogP contribution is -2.61. The molecule has 3 saturated heterocycles. The molecule has 0 spiro atoms. The van der Waals surface area contributed by atoms with Crippen LogP contribution in [0.15, 0.2) is 10.3 Å². The molecule has 18 atom stereocenters. The molecule has 3 heterocycles. The number of esters is 1. The second kappa shape index (κ2) is 21.9. The molecule has 0 bridgehead atoms. The summed E-state index contributed by atoms with van der Waals surface area (Å²) in [6.45, 7) is 17.2. The zero-order valence-electron chi connectivity index (χ0n) is 37.7. The molecule has 0 aliphatic carbocycles. The molecule has 3 aliphatic heterocycles. The van der Waals surface area contributed by atoms with Gasteiger partial charge in [-0.15, -0.1) is 0 Å². The van der Waals surface area contributed by atoms with Crippen molar-refractivity contribution in [3.8, 4) is 0 Å². The Morgan fingerprint density at radius 2 is 1.58 bits per heavy atom. The van der Waals surface area contributed by atoms with E-state index in [9.17, 15) is 30.1 Å². The van der Waals surface area contributed by atoms with Crippen LogP contribution in [0.25, 0.3) is 0 Å². The van der Waals surface area contributed by atoms with Crippen LogP contribution in [-0.2, 0) is 47.5 Å². The largest absolute Gasteiger partial charge is 0.459 e. The highest BCUT2D eigenvalue weighted by molar-refractivity contribution is 5.88. The lowest BCUT2D eigenvalue weighted by atomic mass is 9.73. The second-order valence-corrected chi connectivity index (χ2v) is 17.8. The van der Waals surface area contributed by atoms with Crippen LogP contribution < -0.4 is 0 Å². The zero-order chi connectivity index (χ0) is 44.6. The summed E-state index contributed by atoms with van der Waals surface area (Å²) >= 11 is 0. The first kappa shape index (κ1) is 51.4. The van der Waals surface area contributed by atoms with Crippen LogP contribution >= 0.6 is 0 Å². The molecule has 0 radical (unpaired) electrons. The van der Waals surface area contributed by atoms with Crippen LogP contribution in [0.3, 0.4) is 0 Å². The van der Waals surface area contributed by atoms with Gasteiger partial charge in [0.1, 0.15) is 17.8 Å². The van der Waals surface area contributed by atoms with Crippen LogP contribution in [0.2, 0.25) is 0 Å². The van der Waals surface area contributed by atoms with E-state index in [1.54, 1.807) is 62.5 Å². The lowest BCUT2D eigenvalue weighted by Gasteiger charge is -2.49. The summed E-state index contributed by atoms with van der Waals surface area (Å²) in [5.74, 6) is -4.25. The van der Waals surface area contributed by atoms with Gasteiger partial charge in [0, 0.05) is 44.4 Å². The summed E-state index contributed by atoms with van der Waals surface area (Å²) in [6, 6.07) is -1.34. The summed E-state index contributed by atoms with van der Waals surface area (Å²) in [7, 11) is 6.71. The Balaban J connectivity index is 2.24. The quantitative estimate of drug-likeness (QED) is 0.0648. The second-order valence-electron chi connectivity index (χ2n) is 17.8. The number of carbonyl (C=O) groups is 1. The number of likely N-dealkylation sites (N-methyl/N-ethyl adjacent to an activating group) is 1. The third kappa shape index (κ3) is 12.4. The Kier molecular flexibility index (Phi) is 19.1. The van der Waals surface area contributed by atoms with Crippen molar-refractivity contribution in [3.63, 3.8) is 0 Å². The molecular weight excluding hydrogens is 774 g/mol. The molecule has 18 nitrogen and oxygen atoms in total. The molecule has 0 aromatic carbocycles. The van der Waals surface area contributed by atoms with E-state index in [-0.39, 0.29) is 50.5 Å². The molecule has 0 unspecified atom stereocenters. The normalized spacial score (nSPS) is 45.2. The topological polar surface area (TPSA) is 226 Å². The molecule has 18 heteroatoms. The summed E-state index contributed by atoms with van der Waals surface area (Å²) in [5, 5.41) is 55.5. The lowest BCUT2D eigenvalue weighted by molar-refractivity contribution is -0.309. The molecule has 0 aromatic rings. The number of carbonyl (C=O) groups excluding carboxylic acids is 1. The predicted molar refractivity (Wildman–Crippen MR) is 216 cm³/mol. The van der Waals surface area contributed by atoms with Crippen LogP contribution in [0.4, 0.5) is 0 Å². The number of cyclic esters (lactones) is 1. The van der Waals surface area contributed by atoms with E-state index in [1.165, 1.54) is 14.0 Å². The van der Waals surface area contributed by atoms with Crippen LogP contribution in [0.1, 0.15) is 94.9 Å². The van der Waals surface area contributed by atoms with Crippen molar-refractivity contribution >= 4 is 11.7 Å². The van der Waals surface area contributed by atoms with Gasteiger partial charge in [0.05, 0.1) is 66.6 Å². The molecule has 3 aliphatic rings. The standard InChI is InChI=1S/C41H75N3O15/c1-15-29-41(10,49)34(45)24(4)31(43-54-21-53-17-16-51-13)22(2)19-39(8,48)36(59-38-32(42-50)28(44(11)12)18-23(3)55-38)25(5)33(26(6)37(47)57-29)58-30-20-40(9,52-14)35(46)27(7)56-30/h22-30,32-36,38,45-46,48-49H,15-21H2,1-14H3/b43-31+/t22-,23-,24+,25+,26-,27+,28+,29-,30+,32-,33+,34-,35+,36-,38+,39-,40-,41-/m1/s1. The van der Waals surface area contributed by atoms with E-state index >= 15 is 0 Å². The van der Waals surface area contributed by atoms with Crippen molar-refractivity contribution < 1.29 is 68.0 Å². The fraction of sp³-hybridized carbons (Fsp3) is 0.951. The summed E-state index contributed by atoms with van der Waals surface area (Å²) < 4.78 is 48.2. The molecule has 0 amide bonds. The number of nitrogens with zero attached hydrogens (tertiary/aromatic N) is 3. The van der Waals surface area contributed by atoms with Crippen molar-refractivity contribution in [3.05, 3.63) is 4.91 Å². The first-order chi connectivity index (χ1) is 27.5. The molecule has 0 aromatic heterocycles. The van der Waals surface area contributed by atoms with Crippen molar-refractivity contribution in [2.45, 2.75) is 179 Å². The molecule has 59 heavy (non-hydrogen) atoms. The van der Waals surface area contributed by atoms with Crippen molar-refractivity contribution in [2.75, 3.05) is 48.3 Å².